The Morgan fingerprint density at radius 2 is 1.61 bits per heavy atom. The second-order valence-electron chi connectivity index (χ2n) is 3.89. The zero-order valence-corrected chi connectivity index (χ0v) is 10.4. The number of carboxylic acids is 2. The van der Waals surface area contributed by atoms with Crippen LogP contribution in [0.1, 0.15) is 51.3 Å². The molecule has 0 aromatic heterocycles. The van der Waals surface area contributed by atoms with Crippen LogP contribution in [0.4, 0.5) is 0 Å². The summed E-state index contributed by atoms with van der Waals surface area (Å²) >= 11 is 0. The number of hydrogen-bond donors (Lipinski definition) is 3. The van der Waals surface area contributed by atoms with Gasteiger partial charge in [-0.3, -0.25) is 0 Å². The van der Waals surface area contributed by atoms with Crippen molar-refractivity contribution in [3.05, 3.63) is 33.9 Å². The predicted molar refractivity (Wildman–Crippen MR) is 65.0 cm³/mol. The van der Waals surface area contributed by atoms with Gasteiger partial charge in [0.1, 0.15) is 0 Å². The third kappa shape index (κ3) is 2.36. The fourth-order valence-electron chi connectivity index (χ4n) is 2.19. The van der Waals surface area contributed by atoms with Crippen molar-refractivity contribution in [3.8, 4) is 0 Å². The summed E-state index contributed by atoms with van der Waals surface area (Å²) in [5.41, 5.74) is 1.15. The lowest BCUT2D eigenvalue weighted by molar-refractivity contribution is 0.0694. The molecule has 0 heterocycles. The van der Waals surface area contributed by atoms with Gasteiger partial charge in [0, 0.05) is 0 Å². The minimum atomic E-state index is -1.17. The molecule has 0 saturated carbocycles. The number of benzene rings is 1. The molecule has 0 aliphatic carbocycles. The molecular weight excluding hydrogens is 236 g/mol. The van der Waals surface area contributed by atoms with Gasteiger partial charge in [-0.15, -0.1) is 0 Å². The van der Waals surface area contributed by atoms with Crippen LogP contribution >= 0.6 is 0 Å². The molecule has 0 radical (unpaired) electrons. The van der Waals surface area contributed by atoms with Crippen LogP contribution in [0.25, 0.3) is 0 Å². The van der Waals surface area contributed by atoms with Crippen LogP contribution in [0, 0.1) is 0 Å². The molecule has 1 rings (SSSR count). The molecule has 98 valence electrons. The first kappa shape index (κ1) is 14.2. The fraction of sp³-hybridized carbons (Fsp3) is 0.385. The number of aliphatic hydroxyl groups excluding tert-OH is 1. The van der Waals surface area contributed by atoms with E-state index in [1.807, 2.05) is 0 Å². The maximum atomic E-state index is 11.3. The smallest absolute Gasteiger partial charge is 0.336 e. The van der Waals surface area contributed by atoms with Crippen molar-refractivity contribution in [2.24, 2.45) is 0 Å². The second kappa shape index (κ2) is 5.64. The Hall–Kier alpha value is -1.88. The molecule has 3 N–H and O–H groups in total. The summed E-state index contributed by atoms with van der Waals surface area (Å²) < 4.78 is 0. The Kier molecular flexibility index (Phi) is 4.44. The number of aliphatic hydroxyl groups is 1. The zero-order chi connectivity index (χ0) is 13.9. The lowest BCUT2D eigenvalue weighted by atomic mass is 9.89. The van der Waals surface area contributed by atoms with Crippen molar-refractivity contribution in [3.63, 3.8) is 0 Å². The summed E-state index contributed by atoms with van der Waals surface area (Å²) in [5, 5.41) is 27.6. The summed E-state index contributed by atoms with van der Waals surface area (Å²) in [7, 11) is 0. The van der Waals surface area contributed by atoms with Gasteiger partial charge in [0.05, 0.1) is 17.7 Å². The first-order valence-electron chi connectivity index (χ1n) is 5.72. The van der Waals surface area contributed by atoms with Crippen LogP contribution in [-0.2, 0) is 19.4 Å². The lowest BCUT2D eigenvalue weighted by Crippen LogP contribution is -2.15. The average Bonchev–Trinajstić information content (AvgIpc) is 2.35. The summed E-state index contributed by atoms with van der Waals surface area (Å²) in [6.45, 7) is 3.13. The van der Waals surface area contributed by atoms with Crippen LogP contribution in [0.15, 0.2) is 6.07 Å². The second-order valence-corrected chi connectivity index (χ2v) is 3.89. The van der Waals surface area contributed by atoms with Crippen molar-refractivity contribution in [2.75, 3.05) is 0 Å². The van der Waals surface area contributed by atoms with Crippen LogP contribution in [0.3, 0.4) is 0 Å². The van der Waals surface area contributed by atoms with Crippen LogP contribution in [-0.4, -0.2) is 27.3 Å². The van der Waals surface area contributed by atoms with E-state index in [-0.39, 0.29) is 17.7 Å². The van der Waals surface area contributed by atoms with E-state index in [1.165, 1.54) is 6.07 Å². The van der Waals surface area contributed by atoms with E-state index in [4.69, 9.17) is 5.11 Å². The molecule has 5 nitrogen and oxygen atoms in total. The van der Waals surface area contributed by atoms with E-state index >= 15 is 0 Å². The number of hydrogen-bond acceptors (Lipinski definition) is 3. The Morgan fingerprint density at radius 1 is 1.06 bits per heavy atom. The SMILES string of the molecule is CCc1c(CO)cc(C(=O)O)c(CC)c1C(=O)O. The van der Waals surface area contributed by atoms with E-state index in [2.05, 4.69) is 0 Å². The number of aromatic carboxylic acids is 2. The van der Waals surface area contributed by atoms with Crippen LogP contribution in [0.2, 0.25) is 0 Å². The van der Waals surface area contributed by atoms with Gasteiger partial charge < -0.3 is 15.3 Å². The minimum Gasteiger partial charge on any atom is -0.478 e. The Labute approximate surface area is 105 Å². The molecule has 0 bridgehead atoms. The van der Waals surface area contributed by atoms with Crippen molar-refractivity contribution < 1.29 is 24.9 Å². The van der Waals surface area contributed by atoms with E-state index in [0.29, 0.717) is 29.5 Å². The normalized spacial score (nSPS) is 10.4. The van der Waals surface area contributed by atoms with Gasteiger partial charge in [-0.1, -0.05) is 13.8 Å². The molecule has 0 spiro atoms. The van der Waals surface area contributed by atoms with Crippen molar-refractivity contribution >= 4 is 11.9 Å². The number of rotatable bonds is 5. The van der Waals surface area contributed by atoms with Gasteiger partial charge in [0.2, 0.25) is 0 Å². The van der Waals surface area contributed by atoms with E-state index in [1.54, 1.807) is 13.8 Å². The quantitative estimate of drug-likeness (QED) is 0.741. The largest absolute Gasteiger partial charge is 0.478 e. The molecule has 0 amide bonds. The van der Waals surface area contributed by atoms with E-state index < -0.39 is 11.9 Å². The lowest BCUT2D eigenvalue weighted by Gasteiger charge is -2.16. The first-order chi connectivity index (χ1) is 8.47. The third-order valence-electron chi connectivity index (χ3n) is 2.96. The molecule has 0 saturated heterocycles. The molecular formula is C13H16O5. The Balaban J connectivity index is 3.75. The molecule has 5 heteroatoms. The molecule has 0 aliphatic heterocycles. The van der Waals surface area contributed by atoms with Gasteiger partial charge in [-0.05, 0) is 35.6 Å². The van der Waals surface area contributed by atoms with Gasteiger partial charge in [0.15, 0.2) is 0 Å². The highest BCUT2D eigenvalue weighted by Gasteiger charge is 2.23. The highest BCUT2D eigenvalue weighted by molar-refractivity contribution is 5.98. The van der Waals surface area contributed by atoms with Crippen LogP contribution < -0.4 is 0 Å². The molecule has 0 aliphatic rings. The first-order valence-corrected chi connectivity index (χ1v) is 5.72. The van der Waals surface area contributed by atoms with E-state index in [0.717, 1.165) is 0 Å². The highest BCUT2D eigenvalue weighted by Crippen LogP contribution is 2.25. The molecule has 1 aromatic carbocycles. The summed E-state index contributed by atoms with van der Waals surface area (Å²) in [6, 6.07) is 1.37. The molecule has 0 unspecified atom stereocenters. The summed E-state index contributed by atoms with van der Waals surface area (Å²) in [4.78, 5) is 22.5. The van der Waals surface area contributed by atoms with Gasteiger partial charge in [-0.2, -0.15) is 0 Å². The molecule has 0 atom stereocenters. The van der Waals surface area contributed by atoms with Crippen LogP contribution in [0.5, 0.6) is 0 Å². The third-order valence-corrected chi connectivity index (χ3v) is 2.96. The van der Waals surface area contributed by atoms with Gasteiger partial charge >= 0.3 is 11.9 Å². The standard InChI is InChI=1S/C13H16O5/c1-3-8-7(6-14)5-10(12(15)16)9(4-2)11(8)13(17)18/h5,14H,3-4,6H2,1-2H3,(H,15,16)(H,17,18). The monoisotopic (exact) mass is 252 g/mol. The van der Waals surface area contributed by atoms with Crippen molar-refractivity contribution in [2.45, 2.75) is 33.3 Å². The molecule has 18 heavy (non-hydrogen) atoms. The summed E-state index contributed by atoms with van der Waals surface area (Å²) in [5.74, 6) is -2.33. The average molecular weight is 252 g/mol. The minimum absolute atomic E-state index is 0.0175. The predicted octanol–water partition coefficient (Wildman–Crippen LogP) is 1.70. The highest BCUT2D eigenvalue weighted by atomic mass is 16.4. The maximum absolute atomic E-state index is 11.3. The van der Waals surface area contributed by atoms with E-state index in [9.17, 15) is 19.8 Å². The topological polar surface area (TPSA) is 94.8 Å². The zero-order valence-electron chi connectivity index (χ0n) is 10.4. The number of carboxylic acid groups (broad SMARTS) is 2. The summed E-state index contributed by atoms with van der Waals surface area (Å²) in [6.07, 6.45) is 0.756. The number of carbonyl (C=O) groups is 2. The fourth-order valence-corrected chi connectivity index (χ4v) is 2.19. The molecule has 0 fully saturated rings. The van der Waals surface area contributed by atoms with Crippen molar-refractivity contribution in [1.82, 2.24) is 0 Å². The Bertz CT molecular complexity index is 491. The molecule has 1 aromatic rings. The Morgan fingerprint density at radius 3 is 1.94 bits per heavy atom. The van der Waals surface area contributed by atoms with Gasteiger partial charge in [0.25, 0.3) is 0 Å². The maximum Gasteiger partial charge on any atom is 0.336 e. The van der Waals surface area contributed by atoms with Gasteiger partial charge in [-0.25, -0.2) is 9.59 Å². The van der Waals surface area contributed by atoms with Crippen molar-refractivity contribution in [1.29, 1.82) is 0 Å².